The van der Waals surface area contributed by atoms with Gasteiger partial charge in [-0.2, -0.15) is 0 Å². The number of fused-ring (bicyclic) bond motifs is 2. The molecule has 3 aliphatic rings. The van der Waals surface area contributed by atoms with Gasteiger partial charge in [0.1, 0.15) is 11.5 Å². The Balaban J connectivity index is 0.00000150. The van der Waals surface area contributed by atoms with Crippen molar-refractivity contribution in [3.8, 4) is 11.5 Å². The third-order valence-corrected chi connectivity index (χ3v) is 6.77. The Morgan fingerprint density at radius 3 is 2.10 bits per heavy atom. The molecule has 1 aromatic rings. The molecule has 8 heteroatoms. The van der Waals surface area contributed by atoms with Gasteiger partial charge in [-0.05, 0) is 48.8 Å². The molecule has 2 aliphatic carbocycles. The summed E-state index contributed by atoms with van der Waals surface area (Å²) < 4.78 is 10.7. The number of nitrogens with two attached hydrogens (primary N) is 1. The van der Waals surface area contributed by atoms with Crippen molar-refractivity contribution in [3.63, 3.8) is 0 Å². The number of rotatable bonds is 5. The number of hydrogen-bond donors (Lipinski definition) is 1. The van der Waals surface area contributed by atoms with E-state index in [-0.39, 0.29) is 36.8 Å². The molecule has 0 aromatic heterocycles. The van der Waals surface area contributed by atoms with Crippen LogP contribution in [0.15, 0.2) is 18.2 Å². The maximum atomic E-state index is 13.0. The zero-order chi connectivity index (χ0) is 19.0. The molecule has 1 amide bonds. The molecule has 1 aromatic carbocycles. The van der Waals surface area contributed by atoms with E-state index in [1.54, 1.807) is 14.2 Å². The molecule has 2 bridgehead atoms. The minimum Gasteiger partial charge on any atom is -0.497 e. The number of benzene rings is 1. The van der Waals surface area contributed by atoms with E-state index in [4.69, 9.17) is 15.2 Å². The van der Waals surface area contributed by atoms with Crippen LogP contribution in [0.2, 0.25) is 0 Å². The molecule has 2 saturated carbocycles. The molecule has 1 aliphatic heterocycles. The fourth-order valence-corrected chi connectivity index (χ4v) is 5.26. The summed E-state index contributed by atoms with van der Waals surface area (Å²) in [5, 5.41) is 0. The van der Waals surface area contributed by atoms with Crippen molar-refractivity contribution in [1.29, 1.82) is 0 Å². The van der Waals surface area contributed by atoms with Gasteiger partial charge >= 0.3 is 0 Å². The number of piperazine rings is 1. The summed E-state index contributed by atoms with van der Waals surface area (Å²) in [6.45, 7) is 4.20. The highest BCUT2D eigenvalue weighted by Gasteiger charge is 2.50. The van der Waals surface area contributed by atoms with Crippen molar-refractivity contribution in [3.05, 3.63) is 23.8 Å². The SMILES string of the molecule is COc1cc(CN2CCN(C(=O)C3C4CCC(C4)C3N)CC2)cc(OC)c1.Cl.Cl. The lowest BCUT2D eigenvalue weighted by Gasteiger charge is -2.38. The van der Waals surface area contributed by atoms with Crippen LogP contribution in [0.1, 0.15) is 24.8 Å². The maximum Gasteiger partial charge on any atom is 0.227 e. The molecule has 1 saturated heterocycles. The fraction of sp³-hybridized carbons (Fsp3) is 0.667. The lowest BCUT2D eigenvalue weighted by molar-refractivity contribution is -0.139. The van der Waals surface area contributed by atoms with Gasteiger partial charge in [0, 0.05) is 44.8 Å². The Kier molecular flexibility index (Phi) is 8.47. The molecule has 0 radical (unpaired) electrons. The van der Waals surface area contributed by atoms with Crippen molar-refractivity contribution >= 4 is 30.7 Å². The lowest BCUT2D eigenvalue weighted by atomic mass is 9.84. The van der Waals surface area contributed by atoms with E-state index in [9.17, 15) is 4.79 Å². The van der Waals surface area contributed by atoms with E-state index in [1.807, 2.05) is 23.1 Å². The highest BCUT2D eigenvalue weighted by Crippen LogP contribution is 2.48. The van der Waals surface area contributed by atoms with E-state index < -0.39 is 0 Å². The summed E-state index contributed by atoms with van der Waals surface area (Å²) in [6.07, 6.45) is 3.56. The second kappa shape index (κ2) is 10.2. The first kappa shape index (κ1) is 24.1. The van der Waals surface area contributed by atoms with Crippen LogP contribution in [-0.2, 0) is 11.3 Å². The number of carbonyl (C=O) groups is 1. The molecule has 3 fully saturated rings. The Labute approximate surface area is 185 Å². The van der Waals surface area contributed by atoms with Crippen molar-refractivity contribution in [2.24, 2.45) is 23.5 Å². The molecule has 164 valence electrons. The number of nitrogens with zero attached hydrogens (tertiary/aromatic N) is 2. The molecule has 2 N–H and O–H groups in total. The van der Waals surface area contributed by atoms with Crippen LogP contribution >= 0.6 is 24.8 Å². The predicted molar refractivity (Wildman–Crippen MR) is 118 cm³/mol. The predicted octanol–water partition coefficient (Wildman–Crippen LogP) is 2.57. The number of halogens is 2. The smallest absolute Gasteiger partial charge is 0.227 e. The standard InChI is InChI=1S/C21H31N3O3.2ClH/c1-26-17-9-14(10-18(12-17)27-2)13-23-5-7-24(8-6-23)21(25)19-15-3-4-16(11-15)20(19)22;;/h9-10,12,15-16,19-20H,3-8,11,13,22H2,1-2H3;2*1H. The van der Waals surface area contributed by atoms with Crippen molar-refractivity contribution < 1.29 is 14.3 Å². The number of amides is 1. The largest absolute Gasteiger partial charge is 0.497 e. The van der Waals surface area contributed by atoms with Gasteiger partial charge in [-0.25, -0.2) is 0 Å². The van der Waals surface area contributed by atoms with E-state index in [0.29, 0.717) is 17.7 Å². The quantitative estimate of drug-likeness (QED) is 0.753. The molecule has 1 heterocycles. The zero-order valence-electron chi connectivity index (χ0n) is 17.2. The summed E-state index contributed by atoms with van der Waals surface area (Å²) in [5.74, 6) is 3.09. The van der Waals surface area contributed by atoms with Crippen molar-refractivity contribution in [2.45, 2.75) is 31.8 Å². The van der Waals surface area contributed by atoms with Gasteiger partial charge in [-0.1, -0.05) is 0 Å². The minimum absolute atomic E-state index is 0. The summed E-state index contributed by atoms with van der Waals surface area (Å²) in [7, 11) is 3.34. The molecule has 0 spiro atoms. The first-order chi connectivity index (χ1) is 13.1. The van der Waals surface area contributed by atoms with Crippen LogP contribution in [-0.4, -0.2) is 62.1 Å². The Hall–Kier alpha value is -1.21. The molecule has 6 nitrogen and oxygen atoms in total. The molecular formula is C21H33Cl2N3O3. The topological polar surface area (TPSA) is 68.0 Å². The number of carbonyl (C=O) groups excluding carboxylic acids is 1. The van der Waals surface area contributed by atoms with Gasteiger partial charge in [-0.3, -0.25) is 9.69 Å². The maximum absolute atomic E-state index is 13.0. The molecule has 29 heavy (non-hydrogen) atoms. The number of hydrogen-bond acceptors (Lipinski definition) is 5. The summed E-state index contributed by atoms with van der Waals surface area (Å²) >= 11 is 0. The summed E-state index contributed by atoms with van der Waals surface area (Å²) in [6, 6.07) is 6.07. The summed E-state index contributed by atoms with van der Waals surface area (Å²) in [4.78, 5) is 17.5. The third kappa shape index (κ3) is 4.93. The highest BCUT2D eigenvalue weighted by atomic mass is 35.5. The van der Waals surface area contributed by atoms with Crippen molar-refractivity contribution in [1.82, 2.24) is 9.80 Å². The van der Waals surface area contributed by atoms with E-state index in [1.165, 1.54) is 18.4 Å². The zero-order valence-corrected chi connectivity index (χ0v) is 18.8. The highest BCUT2D eigenvalue weighted by molar-refractivity contribution is 5.85. The van der Waals surface area contributed by atoms with Crippen LogP contribution in [0.3, 0.4) is 0 Å². The average molecular weight is 446 g/mol. The second-order valence-electron chi connectivity index (χ2n) is 8.26. The van der Waals surface area contributed by atoms with Crippen LogP contribution < -0.4 is 15.2 Å². The molecule has 4 rings (SSSR count). The third-order valence-electron chi connectivity index (χ3n) is 6.77. The van der Waals surface area contributed by atoms with Crippen LogP contribution in [0.5, 0.6) is 11.5 Å². The normalized spacial score (nSPS) is 28.4. The van der Waals surface area contributed by atoms with Gasteiger partial charge in [-0.15, -0.1) is 24.8 Å². The van der Waals surface area contributed by atoms with E-state index in [2.05, 4.69) is 4.90 Å². The van der Waals surface area contributed by atoms with Gasteiger partial charge in [0.05, 0.1) is 20.1 Å². The average Bonchev–Trinajstić information content (AvgIpc) is 3.29. The fourth-order valence-electron chi connectivity index (χ4n) is 5.26. The minimum atomic E-state index is 0. The number of ether oxygens (including phenoxy) is 2. The Bertz CT molecular complexity index is 673. The van der Waals surface area contributed by atoms with E-state index >= 15 is 0 Å². The van der Waals surface area contributed by atoms with E-state index in [0.717, 1.165) is 50.6 Å². The first-order valence-corrected chi connectivity index (χ1v) is 10.1. The Morgan fingerprint density at radius 2 is 1.59 bits per heavy atom. The lowest BCUT2D eigenvalue weighted by Crippen LogP contribution is -2.53. The molecule has 4 unspecified atom stereocenters. The van der Waals surface area contributed by atoms with Crippen LogP contribution in [0.25, 0.3) is 0 Å². The van der Waals surface area contributed by atoms with Crippen molar-refractivity contribution in [2.75, 3.05) is 40.4 Å². The van der Waals surface area contributed by atoms with Gasteiger partial charge in [0.15, 0.2) is 0 Å². The van der Waals surface area contributed by atoms with Gasteiger partial charge < -0.3 is 20.1 Å². The number of methoxy groups -OCH3 is 2. The van der Waals surface area contributed by atoms with Crippen LogP contribution in [0, 0.1) is 17.8 Å². The van der Waals surface area contributed by atoms with Gasteiger partial charge in [0.25, 0.3) is 0 Å². The molecule has 4 atom stereocenters. The molecular weight excluding hydrogens is 413 g/mol. The first-order valence-electron chi connectivity index (χ1n) is 10.1. The summed E-state index contributed by atoms with van der Waals surface area (Å²) in [5.41, 5.74) is 7.54. The second-order valence-corrected chi connectivity index (χ2v) is 8.26. The van der Waals surface area contributed by atoms with Crippen LogP contribution in [0.4, 0.5) is 0 Å². The Morgan fingerprint density at radius 1 is 1.00 bits per heavy atom. The van der Waals surface area contributed by atoms with Gasteiger partial charge in [0.2, 0.25) is 5.91 Å². The monoisotopic (exact) mass is 445 g/mol.